The molecular weight excluding hydrogens is 256 g/mol. The molecule has 3 aromatic rings. The zero-order valence-corrected chi connectivity index (χ0v) is 10.4. The van der Waals surface area contributed by atoms with Crippen LogP contribution in [0.2, 0.25) is 0 Å². The van der Waals surface area contributed by atoms with Gasteiger partial charge in [-0.25, -0.2) is 4.79 Å². The molecule has 0 saturated heterocycles. The Hall–Kier alpha value is -3.02. The average Bonchev–Trinajstić information content (AvgIpc) is 2.75. The second kappa shape index (κ2) is 4.27. The van der Waals surface area contributed by atoms with Gasteiger partial charge >= 0.3 is 5.69 Å². The fourth-order valence-electron chi connectivity index (χ4n) is 2.15. The summed E-state index contributed by atoms with van der Waals surface area (Å²) in [5.74, 6) is -0.201. The quantitative estimate of drug-likeness (QED) is 0.413. The number of ketones is 1. The summed E-state index contributed by atoms with van der Waals surface area (Å²) in [4.78, 5) is 28.8. The van der Waals surface area contributed by atoms with E-state index in [0.29, 0.717) is 33.5 Å². The first-order valence-electron chi connectivity index (χ1n) is 5.96. The number of hydrogen-bond acceptors (Lipinski definition) is 4. The Labute approximate surface area is 113 Å². The average molecular weight is 268 g/mol. The van der Waals surface area contributed by atoms with Crippen LogP contribution >= 0.6 is 0 Å². The van der Waals surface area contributed by atoms with Gasteiger partial charge in [-0.15, -0.1) is 0 Å². The van der Waals surface area contributed by atoms with Crippen LogP contribution in [0.25, 0.3) is 11.0 Å². The van der Waals surface area contributed by atoms with Gasteiger partial charge in [0.25, 0.3) is 0 Å². The predicted octanol–water partition coefficient (Wildman–Crippen LogP) is 1.25. The van der Waals surface area contributed by atoms with Gasteiger partial charge in [-0.1, -0.05) is 0 Å². The molecular formula is C14H12N4O2. The summed E-state index contributed by atoms with van der Waals surface area (Å²) in [5.41, 5.74) is 14.0. The highest BCUT2D eigenvalue weighted by atomic mass is 16.1. The van der Waals surface area contributed by atoms with Crippen molar-refractivity contribution in [1.82, 2.24) is 9.97 Å². The van der Waals surface area contributed by atoms with Crippen molar-refractivity contribution >= 4 is 28.2 Å². The highest BCUT2D eigenvalue weighted by Gasteiger charge is 2.11. The molecule has 0 aliphatic heterocycles. The number of fused-ring (bicyclic) bond motifs is 1. The smallest absolute Gasteiger partial charge is 0.323 e. The molecule has 0 spiro atoms. The molecule has 0 unspecified atom stereocenters. The third kappa shape index (κ3) is 2.03. The standard InChI is InChI=1S/C14H12N4O2/c15-9-3-8(4-10(16)6-9)13(19)7-1-2-11-12(5-7)18-14(20)17-11/h1-6H,15-16H2,(H2,17,18,20). The van der Waals surface area contributed by atoms with E-state index in [1.54, 1.807) is 36.4 Å². The molecule has 100 valence electrons. The van der Waals surface area contributed by atoms with Crippen molar-refractivity contribution in [2.75, 3.05) is 11.5 Å². The van der Waals surface area contributed by atoms with Crippen molar-refractivity contribution in [2.45, 2.75) is 0 Å². The molecule has 1 heterocycles. The maximum absolute atomic E-state index is 12.4. The number of aromatic amines is 2. The number of hydrogen-bond donors (Lipinski definition) is 4. The molecule has 0 amide bonds. The first-order valence-corrected chi connectivity index (χ1v) is 5.96. The monoisotopic (exact) mass is 268 g/mol. The summed E-state index contributed by atoms with van der Waals surface area (Å²) in [5, 5.41) is 0. The molecule has 0 bridgehead atoms. The Kier molecular flexibility index (Phi) is 2.57. The molecule has 2 aromatic carbocycles. The summed E-state index contributed by atoms with van der Waals surface area (Å²) >= 11 is 0. The molecule has 3 rings (SSSR count). The van der Waals surface area contributed by atoms with Crippen molar-refractivity contribution in [3.8, 4) is 0 Å². The number of imidazole rings is 1. The second-order valence-corrected chi connectivity index (χ2v) is 4.56. The van der Waals surface area contributed by atoms with Gasteiger partial charge in [0.1, 0.15) is 0 Å². The highest BCUT2D eigenvalue weighted by molar-refractivity contribution is 6.11. The molecule has 0 aliphatic rings. The van der Waals surface area contributed by atoms with Crippen molar-refractivity contribution in [3.63, 3.8) is 0 Å². The lowest BCUT2D eigenvalue weighted by molar-refractivity contribution is 0.103. The van der Waals surface area contributed by atoms with Gasteiger partial charge in [-0.2, -0.15) is 0 Å². The van der Waals surface area contributed by atoms with E-state index in [1.165, 1.54) is 0 Å². The molecule has 6 N–H and O–H groups in total. The van der Waals surface area contributed by atoms with Crippen molar-refractivity contribution < 1.29 is 4.79 Å². The van der Waals surface area contributed by atoms with Crippen LogP contribution in [0.3, 0.4) is 0 Å². The number of H-pyrrole nitrogens is 2. The minimum absolute atomic E-state index is 0.201. The first-order chi connectivity index (χ1) is 9.52. The summed E-state index contributed by atoms with van der Waals surface area (Å²) in [6.45, 7) is 0. The molecule has 20 heavy (non-hydrogen) atoms. The molecule has 0 aliphatic carbocycles. The van der Waals surface area contributed by atoms with E-state index in [4.69, 9.17) is 11.5 Å². The lowest BCUT2D eigenvalue weighted by atomic mass is 10.0. The Morgan fingerprint density at radius 1 is 0.850 bits per heavy atom. The predicted molar refractivity (Wildman–Crippen MR) is 77.6 cm³/mol. The van der Waals surface area contributed by atoms with Crippen LogP contribution < -0.4 is 17.2 Å². The number of rotatable bonds is 2. The zero-order chi connectivity index (χ0) is 14.3. The number of carbonyl (C=O) groups excluding carboxylic acids is 1. The van der Waals surface area contributed by atoms with E-state index < -0.39 is 0 Å². The number of nitrogens with one attached hydrogen (secondary N) is 2. The number of carbonyl (C=O) groups is 1. The number of benzene rings is 2. The zero-order valence-electron chi connectivity index (χ0n) is 10.4. The van der Waals surface area contributed by atoms with E-state index in [0.717, 1.165) is 0 Å². The van der Waals surface area contributed by atoms with Crippen LogP contribution in [0.4, 0.5) is 11.4 Å². The van der Waals surface area contributed by atoms with Crippen LogP contribution in [0.5, 0.6) is 0 Å². The van der Waals surface area contributed by atoms with Crippen LogP contribution in [0, 0.1) is 0 Å². The Morgan fingerprint density at radius 3 is 2.20 bits per heavy atom. The summed E-state index contributed by atoms with van der Waals surface area (Å²) in [7, 11) is 0. The number of nitrogens with two attached hydrogens (primary N) is 2. The van der Waals surface area contributed by atoms with Gasteiger partial charge in [-0.05, 0) is 36.4 Å². The van der Waals surface area contributed by atoms with Crippen LogP contribution in [-0.4, -0.2) is 15.8 Å². The molecule has 0 atom stereocenters. The van der Waals surface area contributed by atoms with Gasteiger partial charge < -0.3 is 21.4 Å². The van der Waals surface area contributed by atoms with E-state index in [9.17, 15) is 9.59 Å². The summed E-state index contributed by atoms with van der Waals surface area (Å²) in [6, 6.07) is 9.67. The van der Waals surface area contributed by atoms with Gasteiger partial charge in [0, 0.05) is 22.5 Å². The number of nitrogen functional groups attached to an aromatic ring is 2. The van der Waals surface area contributed by atoms with E-state index >= 15 is 0 Å². The number of aromatic nitrogens is 2. The van der Waals surface area contributed by atoms with E-state index in [-0.39, 0.29) is 11.5 Å². The Morgan fingerprint density at radius 2 is 1.50 bits per heavy atom. The summed E-state index contributed by atoms with van der Waals surface area (Å²) < 4.78 is 0. The Balaban J connectivity index is 2.09. The fraction of sp³-hybridized carbons (Fsp3) is 0. The molecule has 0 radical (unpaired) electrons. The van der Waals surface area contributed by atoms with Gasteiger partial charge in [0.05, 0.1) is 11.0 Å². The van der Waals surface area contributed by atoms with Crippen LogP contribution in [-0.2, 0) is 0 Å². The third-order valence-electron chi connectivity index (χ3n) is 3.02. The molecule has 1 aromatic heterocycles. The minimum Gasteiger partial charge on any atom is -0.399 e. The molecule has 6 heteroatoms. The van der Waals surface area contributed by atoms with Crippen LogP contribution in [0.1, 0.15) is 15.9 Å². The minimum atomic E-state index is -0.308. The highest BCUT2D eigenvalue weighted by Crippen LogP contribution is 2.19. The second-order valence-electron chi connectivity index (χ2n) is 4.56. The summed E-state index contributed by atoms with van der Waals surface area (Å²) in [6.07, 6.45) is 0. The Bertz CT molecular complexity index is 856. The number of anilines is 2. The topological polar surface area (TPSA) is 118 Å². The molecule has 0 fully saturated rings. The van der Waals surface area contributed by atoms with Crippen LogP contribution in [0.15, 0.2) is 41.2 Å². The lowest BCUT2D eigenvalue weighted by Crippen LogP contribution is -2.03. The molecule has 0 saturated carbocycles. The first kappa shape index (κ1) is 12.0. The normalized spacial score (nSPS) is 10.8. The van der Waals surface area contributed by atoms with Crippen molar-refractivity contribution in [3.05, 3.63) is 58.0 Å². The van der Waals surface area contributed by atoms with Gasteiger partial charge in [0.15, 0.2) is 5.78 Å². The maximum atomic E-state index is 12.4. The largest absolute Gasteiger partial charge is 0.399 e. The van der Waals surface area contributed by atoms with Crippen molar-refractivity contribution in [1.29, 1.82) is 0 Å². The lowest BCUT2D eigenvalue weighted by Gasteiger charge is -2.04. The van der Waals surface area contributed by atoms with Crippen molar-refractivity contribution in [2.24, 2.45) is 0 Å². The van der Waals surface area contributed by atoms with Gasteiger partial charge in [0.2, 0.25) is 0 Å². The van der Waals surface area contributed by atoms with E-state index in [2.05, 4.69) is 9.97 Å². The van der Waals surface area contributed by atoms with E-state index in [1.807, 2.05) is 0 Å². The molecule has 6 nitrogen and oxygen atoms in total. The SMILES string of the molecule is Nc1cc(N)cc(C(=O)c2ccc3[nH]c(=O)[nH]c3c2)c1. The van der Waals surface area contributed by atoms with Gasteiger partial charge in [-0.3, -0.25) is 4.79 Å². The fourth-order valence-corrected chi connectivity index (χ4v) is 2.15. The maximum Gasteiger partial charge on any atom is 0.323 e. The third-order valence-corrected chi connectivity index (χ3v) is 3.02.